The fourth-order valence-electron chi connectivity index (χ4n) is 2.79. The second kappa shape index (κ2) is 6.42. The second-order valence-corrected chi connectivity index (χ2v) is 6.30. The summed E-state index contributed by atoms with van der Waals surface area (Å²) in [5.41, 5.74) is 7.76. The molecule has 2 N–H and O–H groups in total. The van der Waals surface area contributed by atoms with Crippen LogP contribution in [0.2, 0.25) is 0 Å². The summed E-state index contributed by atoms with van der Waals surface area (Å²) in [5.74, 6) is 1.51. The molecular formula is C17H27NO. The summed E-state index contributed by atoms with van der Waals surface area (Å²) in [5, 5.41) is 0. The van der Waals surface area contributed by atoms with Crippen molar-refractivity contribution in [2.75, 3.05) is 6.61 Å². The van der Waals surface area contributed by atoms with Crippen molar-refractivity contribution in [3.05, 3.63) is 29.8 Å². The SMILES string of the molecule is CC(C)COc1ccc(C2(N)CCCCCC2)cc1. The maximum Gasteiger partial charge on any atom is 0.119 e. The molecule has 0 radical (unpaired) electrons. The van der Waals surface area contributed by atoms with Crippen LogP contribution in [0.3, 0.4) is 0 Å². The highest BCUT2D eigenvalue weighted by atomic mass is 16.5. The van der Waals surface area contributed by atoms with E-state index in [1.54, 1.807) is 0 Å². The minimum Gasteiger partial charge on any atom is -0.493 e. The van der Waals surface area contributed by atoms with Crippen molar-refractivity contribution < 1.29 is 4.74 Å². The highest BCUT2D eigenvalue weighted by Gasteiger charge is 2.27. The smallest absolute Gasteiger partial charge is 0.119 e. The monoisotopic (exact) mass is 261 g/mol. The zero-order valence-electron chi connectivity index (χ0n) is 12.3. The van der Waals surface area contributed by atoms with Crippen LogP contribution in [0.5, 0.6) is 5.75 Å². The summed E-state index contributed by atoms with van der Waals surface area (Å²) in [6, 6.07) is 8.44. The second-order valence-electron chi connectivity index (χ2n) is 6.30. The topological polar surface area (TPSA) is 35.2 Å². The molecule has 0 atom stereocenters. The molecule has 0 saturated heterocycles. The molecule has 0 heterocycles. The Labute approximate surface area is 117 Å². The molecule has 0 aromatic heterocycles. The molecule has 0 aliphatic heterocycles. The average Bonchev–Trinajstić information content (AvgIpc) is 2.63. The summed E-state index contributed by atoms with van der Waals surface area (Å²) in [4.78, 5) is 0. The van der Waals surface area contributed by atoms with Gasteiger partial charge in [0, 0.05) is 5.54 Å². The van der Waals surface area contributed by atoms with Gasteiger partial charge in [0.05, 0.1) is 6.61 Å². The first-order valence-corrected chi connectivity index (χ1v) is 7.62. The van der Waals surface area contributed by atoms with Gasteiger partial charge in [-0.3, -0.25) is 0 Å². The first-order valence-electron chi connectivity index (χ1n) is 7.62. The lowest BCUT2D eigenvalue weighted by Gasteiger charge is -2.28. The van der Waals surface area contributed by atoms with Gasteiger partial charge in [0.1, 0.15) is 5.75 Å². The van der Waals surface area contributed by atoms with Crippen molar-refractivity contribution in [2.45, 2.75) is 57.9 Å². The molecule has 106 valence electrons. The van der Waals surface area contributed by atoms with Crippen molar-refractivity contribution >= 4 is 0 Å². The standard InChI is InChI=1S/C17H27NO/c1-14(2)13-19-16-9-7-15(8-10-16)17(18)11-5-3-4-6-12-17/h7-10,14H,3-6,11-13,18H2,1-2H3. The van der Waals surface area contributed by atoms with Crippen LogP contribution in [0, 0.1) is 5.92 Å². The van der Waals surface area contributed by atoms with Gasteiger partial charge in [0.15, 0.2) is 0 Å². The first-order chi connectivity index (χ1) is 9.10. The molecule has 19 heavy (non-hydrogen) atoms. The zero-order valence-corrected chi connectivity index (χ0v) is 12.3. The lowest BCUT2D eigenvalue weighted by Crippen LogP contribution is -2.35. The fraction of sp³-hybridized carbons (Fsp3) is 0.647. The number of hydrogen-bond donors (Lipinski definition) is 1. The van der Waals surface area contributed by atoms with E-state index < -0.39 is 0 Å². The fourth-order valence-corrected chi connectivity index (χ4v) is 2.79. The van der Waals surface area contributed by atoms with Gasteiger partial charge in [0.2, 0.25) is 0 Å². The average molecular weight is 261 g/mol. The molecule has 1 saturated carbocycles. The van der Waals surface area contributed by atoms with E-state index >= 15 is 0 Å². The summed E-state index contributed by atoms with van der Waals surface area (Å²) in [7, 11) is 0. The van der Waals surface area contributed by atoms with Gasteiger partial charge in [-0.1, -0.05) is 51.7 Å². The molecule has 1 aliphatic carbocycles. The van der Waals surface area contributed by atoms with Crippen molar-refractivity contribution in [1.82, 2.24) is 0 Å². The van der Waals surface area contributed by atoms with Gasteiger partial charge >= 0.3 is 0 Å². The van der Waals surface area contributed by atoms with Crippen LogP contribution in [0.4, 0.5) is 0 Å². The summed E-state index contributed by atoms with van der Waals surface area (Å²) in [6.45, 7) is 5.09. The Bertz CT molecular complexity index is 375. The Kier molecular flexibility index (Phi) is 4.87. The van der Waals surface area contributed by atoms with E-state index in [1.807, 2.05) is 0 Å². The Morgan fingerprint density at radius 2 is 1.63 bits per heavy atom. The Morgan fingerprint density at radius 3 is 2.16 bits per heavy atom. The zero-order chi connectivity index (χ0) is 13.7. The predicted octanol–water partition coefficient (Wildman–Crippen LogP) is 4.23. The summed E-state index contributed by atoms with van der Waals surface area (Å²) in [6.07, 6.45) is 7.38. The van der Waals surface area contributed by atoms with Crippen molar-refractivity contribution in [3.8, 4) is 5.75 Å². The van der Waals surface area contributed by atoms with E-state index in [2.05, 4.69) is 38.1 Å². The van der Waals surface area contributed by atoms with Crippen LogP contribution < -0.4 is 10.5 Å². The molecule has 2 rings (SSSR count). The lowest BCUT2D eigenvalue weighted by atomic mass is 9.84. The highest BCUT2D eigenvalue weighted by Crippen LogP contribution is 2.34. The number of hydrogen-bond acceptors (Lipinski definition) is 2. The number of ether oxygens (including phenoxy) is 1. The molecule has 1 fully saturated rings. The number of nitrogens with two attached hydrogens (primary N) is 1. The molecule has 0 amide bonds. The van der Waals surface area contributed by atoms with E-state index in [1.165, 1.54) is 31.2 Å². The van der Waals surface area contributed by atoms with Crippen LogP contribution in [0.25, 0.3) is 0 Å². The van der Waals surface area contributed by atoms with E-state index in [-0.39, 0.29) is 5.54 Å². The van der Waals surface area contributed by atoms with Crippen LogP contribution >= 0.6 is 0 Å². The van der Waals surface area contributed by atoms with Gasteiger partial charge in [0.25, 0.3) is 0 Å². The number of rotatable bonds is 4. The quantitative estimate of drug-likeness (QED) is 0.823. The molecule has 1 aromatic rings. The van der Waals surface area contributed by atoms with Gasteiger partial charge in [-0.15, -0.1) is 0 Å². The highest BCUT2D eigenvalue weighted by molar-refractivity contribution is 5.32. The van der Waals surface area contributed by atoms with Crippen molar-refractivity contribution in [2.24, 2.45) is 11.7 Å². The Morgan fingerprint density at radius 1 is 1.05 bits per heavy atom. The molecule has 1 aliphatic rings. The molecule has 2 heteroatoms. The van der Waals surface area contributed by atoms with Gasteiger partial charge < -0.3 is 10.5 Å². The van der Waals surface area contributed by atoms with E-state index in [0.717, 1.165) is 25.2 Å². The number of benzene rings is 1. The molecule has 0 bridgehead atoms. The normalized spacial score (nSPS) is 19.2. The van der Waals surface area contributed by atoms with E-state index in [9.17, 15) is 0 Å². The molecule has 0 spiro atoms. The van der Waals surface area contributed by atoms with Crippen LogP contribution in [-0.2, 0) is 5.54 Å². The third-order valence-electron chi connectivity index (χ3n) is 4.01. The molecular weight excluding hydrogens is 234 g/mol. The largest absolute Gasteiger partial charge is 0.493 e. The van der Waals surface area contributed by atoms with Gasteiger partial charge in [-0.25, -0.2) is 0 Å². The minimum absolute atomic E-state index is 0.118. The summed E-state index contributed by atoms with van der Waals surface area (Å²) >= 11 is 0. The molecule has 1 aromatic carbocycles. The maximum absolute atomic E-state index is 6.61. The third kappa shape index (κ3) is 3.97. The van der Waals surface area contributed by atoms with Crippen LogP contribution in [0.1, 0.15) is 57.9 Å². The Hall–Kier alpha value is -1.02. The summed E-state index contributed by atoms with van der Waals surface area (Å²) < 4.78 is 5.73. The van der Waals surface area contributed by atoms with Gasteiger partial charge in [-0.05, 0) is 36.5 Å². The Balaban J connectivity index is 2.04. The molecule has 2 nitrogen and oxygen atoms in total. The van der Waals surface area contributed by atoms with E-state index in [4.69, 9.17) is 10.5 Å². The first kappa shape index (κ1) is 14.4. The molecule has 0 unspecified atom stereocenters. The van der Waals surface area contributed by atoms with E-state index in [0.29, 0.717) is 5.92 Å². The predicted molar refractivity (Wildman–Crippen MR) is 80.3 cm³/mol. The maximum atomic E-state index is 6.61. The van der Waals surface area contributed by atoms with Crippen molar-refractivity contribution in [1.29, 1.82) is 0 Å². The minimum atomic E-state index is -0.118. The van der Waals surface area contributed by atoms with Crippen LogP contribution in [0.15, 0.2) is 24.3 Å². The van der Waals surface area contributed by atoms with Crippen molar-refractivity contribution in [3.63, 3.8) is 0 Å². The van der Waals surface area contributed by atoms with Crippen LogP contribution in [-0.4, -0.2) is 6.61 Å². The third-order valence-corrected chi connectivity index (χ3v) is 4.01. The lowest BCUT2D eigenvalue weighted by molar-refractivity contribution is 0.270. The van der Waals surface area contributed by atoms with Gasteiger partial charge in [-0.2, -0.15) is 0 Å².